The van der Waals surface area contributed by atoms with Gasteiger partial charge in [0.15, 0.2) is 0 Å². The predicted molar refractivity (Wildman–Crippen MR) is 80.1 cm³/mol. The van der Waals surface area contributed by atoms with E-state index in [0.717, 1.165) is 23.1 Å². The summed E-state index contributed by atoms with van der Waals surface area (Å²) in [5, 5.41) is 12.1. The molecule has 2 rings (SSSR count). The number of phenolic OH excluding ortho intramolecular Hbond substituents is 1. The van der Waals surface area contributed by atoms with E-state index in [0.29, 0.717) is 12.1 Å². The Morgan fingerprint density at radius 3 is 2.25 bits per heavy atom. The lowest BCUT2D eigenvalue weighted by Gasteiger charge is -2.07. The minimum atomic E-state index is -0.0458. The predicted octanol–water partition coefficient (Wildman–Crippen LogP) is 2.98. The monoisotopic (exact) mass is 269 g/mol. The molecule has 0 saturated heterocycles. The van der Waals surface area contributed by atoms with Crippen molar-refractivity contribution >= 4 is 5.91 Å². The van der Waals surface area contributed by atoms with Gasteiger partial charge in [0, 0.05) is 12.1 Å². The first kappa shape index (κ1) is 14.1. The van der Waals surface area contributed by atoms with E-state index in [-0.39, 0.29) is 11.7 Å². The van der Waals surface area contributed by atoms with Gasteiger partial charge in [-0.2, -0.15) is 0 Å². The average Bonchev–Trinajstić information content (AvgIpc) is 2.40. The highest BCUT2D eigenvalue weighted by atomic mass is 16.3. The Bertz CT molecular complexity index is 583. The van der Waals surface area contributed by atoms with Crippen LogP contribution in [0.25, 0.3) is 0 Å². The van der Waals surface area contributed by atoms with Crippen LogP contribution in [0.1, 0.15) is 27.0 Å². The first-order valence-electron chi connectivity index (χ1n) is 6.69. The standard InChI is InChI=1S/C17H19NO2/c1-12-9-13(2)11-15(10-12)17(20)18-8-7-14-3-5-16(19)6-4-14/h3-6,9-11,19H,7-8H2,1-2H3,(H,18,20). The van der Waals surface area contributed by atoms with Crippen LogP contribution in [0.4, 0.5) is 0 Å². The summed E-state index contributed by atoms with van der Waals surface area (Å²) >= 11 is 0. The summed E-state index contributed by atoms with van der Waals surface area (Å²) in [6, 6.07) is 12.9. The molecule has 1 amide bonds. The summed E-state index contributed by atoms with van der Waals surface area (Å²) in [5.41, 5.74) is 3.97. The molecule has 0 unspecified atom stereocenters. The Morgan fingerprint density at radius 2 is 1.65 bits per heavy atom. The minimum absolute atomic E-state index is 0.0458. The van der Waals surface area contributed by atoms with Crippen molar-refractivity contribution in [3.63, 3.8) is 0 Å². The molecule has 0 saturated carbocycles. The first-order chi connectivity index (χ1) is 9.54. The molecular formula is C17H19NO2. The maximum atomic E-state index is 12.0. The van der Waals surface area contributed by atoms with Crippen LogP contribution in [0, 0.1) is 13.8 Å². The molecule has 2 aromatic rings. The van der Waals surface area contributed by atoms with Crippen LogP contribution in [-0.2, 0) is 6.42 Å². The fourth-order valence-corrected chi connectivity index (χ4v) is 2.19. The highest BCUT2D eigenvalue weighted by molar-refractivity contribution is 5.94. The number of nitrogens with one attached hydrogen (secondary N) is 1. The van der Waals surface area contributed by atoms with Gasteiger partial charge in [-0.15, -0.1) is 0 Å². The molecule has 20 heavy (non-hydrogen) atoms. The molecule has 0 bridgehead atoms. The largest absolute Gasteiger partial charge is 0.508 e. The van der Waals surface area contributed by atoms with Crippen molar-refractivity contribution in [3.8, 4) is 5.75 Å². The van der Waals surface area contributed by atoms with E-state index in [4.69, 9.17) is 0 Å². The highest BCUT2D eigenvalue weighted by Gasteiger charge is 2.06. The number of amides is 1. The van der Waals surface area contributed by atoms with Crippen molar-refractivity contribution in [3.05, 3.63) is 64.7 Å². The summed E-state index contributed by atoms with van der Waals surface area (Å²) in [5.74, 6) is 0.212. The zero-order chi connectivity index (χ0) is 14.5. The van der Waals surface area contributed by atoms with Crippen molar-refractivity contribution in [1.82, 2.24) is 5.32 Å². The maximum absolute atomic E-state index is 12.0. The smallest absolute Gasteiger partial charge is 0.251 e. The Morgan fingerprint density at radius 1 is 1.05 bits per heavy atom. The Balaban J connectivity index is 1.90. The van der Waals surface area contributed by atoms with Crippen molar-refractivity contribution in [2.75, 3.05) is 6.54 Å². The Kier molecular flexibility index (Phi) is 4.41. The molecule has 2 N–H and O–H groups in total. The number of carbonyl (C=O) groups excluding carboxylic acids is 1. The molecule has 0 aliphatic heterocycles. The molecular weight excluding hydrogens is 250 g/mol. The van der Waals surface area contributed by atoms with Crippen LogP contribution in [0.5, 0.6) is 5.75 Å². The number of aryl methyl sites for hydroxylation is 2. The van der Waals surface area contributed by atoms with Gasteiger partial charge in [-0.1, -0.05) is 29.3 Å². The van der Waals surface area contributed by atoms with Gasteiger partial charge in [-0.25, -0.2) is 0 Å². The number of carbonyl (C=O) groups is 1. The Hall–Kier alpha value is -2.29. The SMILES string of the molecule is Cc1cc(C)cc(C(=O)NCCc2ccc(O)cc2)c1. The summed E-state index contributed by atoms with van der Waals surface area (Å²) < 4.78 is 0. The van der Waals surface area contributed by atoms with Gasteiger partial charge in [-0.3, -0.25) is 4.79 Å². The number of rotatable bonds is 4. The minimum Gasteiger partial charge on any atom is -0.508 e. The lowest BCUT2D eigenvalue weighted by Crippen LogP contribution is -2.25. The second kappa shape index (κ2) is 6.24. The summed E-state index contributed by atoms with van der Waals surface area (Å²) in [4.78, 5) is 12.0. The number of benzene rings is 2. The molecule has 2 aromatic carbocycles. The van der Waals surface area contributed by atoms with E-state index in [1.807, 2.05) is 44.2 Å². The molecule has 0 aromatic heterocycles. The zero-order valence-corrected chi connectivity index (χ0v) is 11.8. The molecule has 0 aliphatic carbocycles. The quantitative estimate of drug-likeness (QED) is 0.896. The molecule has 3 nitrogen and oxygen atoms in total. The Labute approximate surface area is 119 Å². The van der Waals surface area contributed by atoms with Gasteiger partial charge in [0.25, 0.3) is 5.91 Å². The van der Waals surface area contributed by atoms with E-state index < -0.39 is 0 Å². The van der Waals surface area contributed by atoms with Crippen molar-refractivity contribution in [2.24, 2.45) is 0 Å². The normalized spacial score (nSPS) is 10.3. The third-order valence-electron chi connectivity index (χ3n) is 3.12. The lowest BCUT2D eigenvalue weighted by atomic mass is 10.1. The van der Waals surface area contributed by atoms with Gasteiger partial charge >= 0.3 is 0 Å². The average molecular weight is 269 g/mol. The van der Waals surface area contributed by atoms with Gasteiger partial charge < -0.3 is 10.4 Å². The van der Waals surface area contributed by atoms with E-state index in [9.17, 15) is 9.90 Å². The van der Waals surface area contributed by atoms with Crippen LogP contribution in [0.15, 0.2) is 42.5 Å². The number of aromatic hydroxyl groups is 1. The second-order valence-corrected chi connectivity index (χ2v) is 5.05. The fraction of sp³-hybridized carbons (Fsp3) is 0.235. The van der Waals surface area contributed by atoms with Crippen LogP contribution in [-0.4, -0.2) is 17.6 Å². The first-order valence-corrected chi connectivity index (χ1v) is 6.69. The van der Waals surface area contributed by atoms with Gasteiger partial charge in [0.1, 0.15) is 5.75 Å². The number of phenols is 1. The van der Waals surface area contributed by atoms with Crippen molar-refractivity contribution in [1.29, 1.82) is 0 Å². The van der Waals surface area contributed by atoms with E-state index in [1.54, 1.807) is 12.1 Å². The van der Waals surface area contributed by atoms with E-state index >= 15 is 0 Å². The third-order valence-corrected chi connectivity index (χ3v) is 3.12. The van der Waals surface area contributed by atoms with Crippen molar-refractivity contribution in [2.45, 2.75) is 20.3 Å². The second-order valence-electron chi connectivity index (χ2n) is 5.05. The topological polar surface area (TPSA) is 49.3 Å². The molecule has 104 valence electrons. The van der Waals surface area contributed by atoms with Gasteiger partial charge in [0.05, 0.1) is 0 Å². The van der Waals surface area contributed by atoms with Crippen LogP contribution >= 0.6 is 0 Å². The molecule has 3 heteroatoms. The molecule has 0 radical (unpaired) electrons. The summed E-state index contributed by atoms with van der Waals surface area (Å²) in [7, 11) is 0. The lowest BCUT2D eigenvalue weighted by molar-refractivity contribution is 0.0954. The molecule has 0 aliphatic rings. The highest BCUT2D eigenvalue weighted by Crippen LogP contribution is 2.10. The van der Waals surface area contributed by atoms with E-state index in [1.165, 1.54) is 0 Å². The van der Waals surface area contributed by atoms with E-state index in [2.05, 4.69) is 5.32 Å². The van der Waals surface area contributed by atoms with Gasteiger partial charge in [0.2, 0.25) is 0 Å². The zero-order valence-electron chi connectivity index (χ0n) is 11.8. The van der Waals surface area contributed by atoms with Crippen LogP contribution in [0.2, 0.25) is 0 Å². The summed E-state index contributed by atoms with van der Waals surface area (Å²) in [6.07, 6.45) is 0.747. The third kappa shape index (κ3) is 3.85. The molecule has 0 atom stereocenters. The molecule has 0 fully saturated rings. The van der Waals surface area contributed by atoms with Gasteiger partial charge in [-0.05, 0) is 50.1 Å². The fourth-order valence-electron chi connectivity index (χ4n) is 2.19. The molecule has 0 spiro atoms. The summed E-state index contributed by atoms with van der Waals surface area (Å²) in [6.45, 7) is 4.55. The van der Waals surface area contributed by atoms with Crippen molar-refractivity contribution < 1.29 is 9.90 Å². The molecule has 0 heterocycles. The number of hydrogen-bond acceptors (Lipinski definition) is 2. The number of hydrogen-bond donors (Lipinski definition) is 2. The van der Waals surface area contributed by atoms with Crippen LogP contribution < -0.4 is 5.32 Å². The van der Waals surface area contributed by atoms with Crippen LogP contribution in [0.3, 0.4) is 0 Å². The maximum Gasteiger partial charge on any atom is 0.251 e.